The van der Waals surface area contributed by atoms with Gasteiger partial charge in [-0.3, -0.25) is 4.79 Å². The van der Waals surface area contributed by atoms with E-state index in [0.717, 1.165) is 17.5 Å². The monoisotopic (exact) mass is 386 g/mol. The maximum Gasteiger partial charge on any atom is 0.224 e. The van der Waals surface area contributed by atoms with Crippen LogP contribution in [-0.4, -0.2) is 44.5 Å². The molecule has 0 radical (unpaired) electrons. The van der Waals surface area contributed by atoms with Crippen molar-refractivity contribution in [2.45, 2.75) is 18.8 Å². The molecule has 1 fully saturated rings. The first-order valence-corrected chi connectivity index (χ1v) is 11.1. The van der Waals surface area contributed by atoms with Crippen molar-refractivity contribution in [2.75, 3.05) is 25.9 Å². The summed E-state index contributed by atoms with van der Waals surface area (Å²) < 4.78 is 25.0. The molecule has 3 rings (SSSR count). The van der Waals surface area contributed by atoms with Crippen LogP contribution in [0.3, 0.4) is 0 Å². The van der Waals surface area contributed by atoms with Crippen molar-refractivity contribution < 1.29 is 13.2 Å². The van der Waals surface area contributed by atoms with Gasteiger partial charge >= 0.3 is 0 Å². The Balaban J connectivity index is 1.69. The average molecular weight is 387 g/mol. The number of hydrogen-bond donors (Lipinski definition) is 1. The van der Waals surface area contributed by atoms with Crippen LogP contribution in [0.1, 0.15) is 29.9 Å². The molecule has 0 aliphatic carbocycles. The highest BCUT2D eigenvalue weighted by atomic mass is 32.2. The number of nitrogens with one attached hydrogen (secondary N) is 1. The van der Waals surface area contributed by atoms with Crippen molar-refractivity contribution in [3.05, 3.63) is 71.8 Å². The van der Waals surface area contributed by atoms with Gasteiger partial charge in [-0.15, -0.1) is 0 Å². The third kappa shape index (κ3) is 5.17. The molecule has 1 atom stereocenters. The van der Waals surface area contributed by atoms with E-state index >= 15 is 0 Å². The summed E-state index contributed by atoms with van der Waals surface area (Å²) in [4.78, 5) is 12.7. The van der Waals surface area contributed by atoms with Gasteiger partial charge in [-0.25, -0.2) is 12.7 Å². The molecule has 2 aromatic rings. The lowest BCUT2D eigenvalue weighted by molar-refractivity contribution is -0.126. The van der Waals surface area contributed by atoms with Crippen LogP contribution in [0.15, 0.2) is 60.7 Å². The fourth-order valence-corrected chi connectivity index (χ4v) is 4.51. The molecule has 0 bridgehead atoms. The van der Waals surface area contributed by atoms with E-state index < -0.39 is 10.0 Å². The van der Waals surface area contributed by atoms with Crippen LogP contribution in [0, 0.1) is 5.92 Å². The van der Waals surface area contributed by atoms with E-state index in [1.807, 2.05) is 36.4 Å². The Hall–Kier alpha value is -2.18. The van der Waals surface area contributed by atoms with Crippen molar-refractivity contribution in [3.8, 4) is 0 Å². The van der Waals surface area contributed by atoms with Crippen molar-refractivity contribution in [1.29, 1.82) is 0 Å². The Labute approximate surface area is 161 Å². The molecule has 2 aromatic carbocycles. The average Bonchev–Trinajstić information content (AvgIpc) is 2.69. The molecule has 0 saturated carbocycles. The van der Waals surface area contributed by atoms with Gasteiger partial charge in [-0.05, 0) is 24.0 Å². The van der Waals surface area contributed by atoms with Gasteiger partial charge in [0.25, 0.3) is 0 Å². The lowest BCUT2D eigenvalue weighted by Gasteiger charge is -2.30. The second-order valence-electron chi connectivity index (χ2n) is 7.08. The molecule has 1 heterocycles. The predicted molar refractivity (Wildman–Crippen MR) is 107 cm³/mol. The maximum absolute atomic E-state index is 12.7. The minimum Gasteiger partial charge on any atom is -0.355 e. The van der Waals surface area contributed by atoms with Crippen LogP contribution >= 0.6 is 0 Å². The fraction of sp³-hybridized carbons (Fsp3) is 0.381. The summed E-state index contributed by atoms with van der Waals surface area (Å²) in [6, 6.07) is 20.2. The number of hydrogen-bond acceptors (Lipinski definition) is 3. The zero-order chi connectivity index (χ0) is 19.3. The first-order valence-electron chi connectivity index (χ1n) is 9.28. The quantitative estimate of drug-likeness (QED) is 0.830. The Morgan fingerprint density at radius 3 is 2.15 bits per heavy atom. The van der Waals surface area contributed by atoms with E-state index in [4.69, 9.17) is 0 Å². The van der Waals surface area contributed by atoms with Gasteiger partial charge in [0.15, 0.2) is 0 Å². The molecule has 0 spiro atoms. The lowest BCUT2D eigenvalue weighted by atomic mass is 9.91. The van der Waals surface area contributed by atoms with E-state index in [0.29, 0.717) is 19.5 Å². The number of piperidine rings is 1. The van der Waals surface area contributed by atoms with Gasteiger partial charge in [-0.1, -0.05) is 60.7 Å². The Kier molecular flexibility index (Phi) is 6.29. The van der Waals surface area contributed by atoms with E-state index in [1.165, 1.54) is 10.6 Å². The summed E-state index contributed by atoms with van der Waals surface area (Å²) >= 11 is 0. The van der Waals surface area contributed by atoms with Crippen molar-refractivity contribution in [1.82, 2.24) is 9.62 Å². The largest absolute Gasteiger partial charge is 0.355 e. The van der Waals surface area contributed by atoms with Crippen LogP contribution in [0.2, 0.25) is 0 Å². The zero-order valence-corrected chi connectivity index (χ0v) is 16.4. The predicted octanol–water partition coefficient (Wildman–Crippen LogP) is 2.61. The Bertz CT molecular complexity index is 814. The van der Waals surface area contributed by atoms with Gasteiger partial charge in [0.2, 0.25) is 15.9 Å². The van der Waals surface area contributed by atoms with Crippen molar-refractivity contribution >= 4 is 15.9 Å². The first-order chi connectivity index (χ1) is 12.9. The number of rotatable bonds is 6. The molecule has 1 aliphatic rings. The molecule has 1 aliphatic heterocycles. The van der Waals surface area contributed by atoms with Gasteiger partial charge in [-0.2, -0.15) is 0 Å². The second kappa shape index (κ2) is 8.67. The lowest BCUT2D eigenvalue weighted by Crippen LogP contribution is -2.45. The fourth-order valence-electron chi connectivity index (χ4n) is 3.60. The minimum atomic E-state index is -3.26. The van der Waals surface area contributed by atoms with E-state index in [-0.39, 0.29) is 24.3 Å². The number of benzene rings is 2. The van der Waals surface area contributed by atoms with Crippen molar-refractivity contribution in [2.24, 2.45) is 5.92 Å². The molecule has 144 valence electrons. The summed E-state index contributed by atoms with van der Waals surface area (Å²) in [5.41, 5.74) is 2.29. The summed E-state index contributed by atoms with van der Waals surface area (Å²) in [5, 5.41) is 3.06. The Morgan fingerprint density at radius 2 is 1.63 bits per heavy atom. The van der Waals surface area contributed by atoms with Crippen LogP contribution in [0.4, 0.5) is 0 Å². The molecule has 27 heavy (non-hydrogen) atoms. The molecule has 1 unspecified atom stereocenters. The Morgan fingerprint density at radius 1 is 1.07 bits per heavy atom. The molecule has 0 aromatic heterocycles. The smallest absolute Gasteiger partial charge is 0.224 e. The molecule has 1 saturated heterocycles. The molecule has 6 heteroatoms. The van der Waals surface area contributed by atoms with Crippen LogP contribution in [0.5, 0.6) is 0 Å². The SMILES string of the molecule is CS(=O)(=O)N1CCCC(C(=O)NCC(c2ccccc2)c2ccccc2)C1. The molecular formula is C21H26N2O3S. The van der Waals surface area contributed by atoms with Gasteiger partial charge in [0, 0.05) is 25.6 Å². The second-order valence-corrected chi connectivity index (χ2v) is 9.06. The molecule has 5 nitrogen and oxygen atoms in total. The van der Waals surface area contributed by atoms with Gasteiger partial charge in [0.05, 0.1) is 12.2 Å². The number of amides is 1. The van der Waals surface area contributed by atoms with E-state index in [9.17, 15) is 13.2 Å². The number of nitrogens with zero attached hydrogens (tertiary/aromatic N) is 1. The van der Waals surface area contributed by atoms with E-state index in [2.05, 4.69) is 29.6 Å². The summed E-state index contributed by atoms with van der Waals surface area (Å²) in [5.74, 6) is -0.299. The highest BCUT2D eigenvalue weighted by Crippen LogP contribution is 2.24. The van der Waals surface area contributed by atoms with E-state index in [1.54, 1.807) is 0 Å². The van der Waals surface area contributed by atoms with Gasteiger partial charge < -0.3 is 5.32 Å². The molecule has 1 amide bonds. The third-order valence-electron chi connectivity index (χ3n) is 5.11. The highest BCUT2D eigenvalue weighted by Gasteiger charge is 2.30. The standard InChI is InChI=1S/C21H26N2O3S/c1-27(25,26)23-14-8-13-19(16-23)21(24)22-15-20(17-9-4-2-5-10-17)18-11-6-3-7-12-18/h2-7,9-12,19-20H,8,13-16H2,1H3,(H,22,24). The zero-order valence-electron chi connectivity index (χ0n) is 15.5. The number of carbonyl (C=O) groups is 1. The van der Waals surface area contributed by atoms with Crippen LogP contribution in [-0.2, 0) is 14.8 Å². The summed E-state index contributed by atoms with van der Waals surface area (Å²) in [6.45, 7) is 1.26. The molecule has 1 N–H and O–H groups in total. The van der Waals surface area contributed by atoms with Gasteiger partial charge in [0.1, 0.15) is 0 Å². The molecular weight excluding hydrogens is 360 g/mol. The van der Waals surface area contributed by atoms with Crippen LogP contribution in [0.25, 0.3) is 0 Å². The minimum absolute atomic E-state index is 0.0611. The maximum atomic E-state index is 12.7. The normalized spacial score (nSPS) is 18.4. The third-order valence-corrected chi connectivity index (χ3v) is 6.38. The first kappa shape index (κ1) is 19.6. The topological polar surface area (TPSA) is 66.5 Å². The summed E-state index contributed by atoms with van der Waals surface area (Å²) in [7, 11) is -3.26. The number of carbonyl (C=O) groups excluding carboxylic acids is 1. The highest BCUT2D eigenvalue weighted by molar-refractivity contribution is 7.88. The van der Waals surface area contributed by atoms with Crippen LogP contribution < -0.4 is 5.32 Å². The number of sulfonamides is 1. The summed E-state index contributed by atoms with van der Waals surface area (Å²) in [6.07, 6.45) is 2.64. The van der Waals surface area contributed by atoms with Crippen molar-refractivity contribution in [3.63, 3.8) is 0 Å².